The van der Waals surface area contributed by atoms with E-state index < -0.39 is 35.4 Å². The zero-order valence-electron chi connectivity index (χ0n) is 11.7. The Morgan fingerprint density at radius 1 is 1.59 bits per heavy atom. The molecule has 22 heavy (non-hydrogen) atoms. The van der Waals surface area contributed by atoms with Crippen LogP contribution in [-0.2, 0) is 4.79 Å². The van der Waals surface area contributed by atoms with Gasteiger partial charge in [0.25, 0.3) is 12.3 Å². The molecule has 1 N–H and O–H groups in total. The van der Waals surface area contributed by atoms with Crippen LogP contribution in [0.1, 0.15) is 26.3 Å². The van der Waals surface area contributed by atoms with E-state index in [2.05, 4.69) is 10.2 Å². The molecule has 2 rings (SSSR count). The summed E-state index contributed by atoms with van der Waals surface area (Å²) in [6, 6.07) is -1.14. The molecule has 0 fully saturated rings. The molecule has 0 radical (unpaired) electrons. The Balaban J connectivity index is 2.27. The molecule has 0 unspecified atom stereocenters. The standard InChI is InChI=1S/C11H13F2N5O4/c1-6-3-11(20,10(12)13)17(15-6)9(19)7(2)16-5-8(4-14-16)18(21)22/h4-5,7,10,20H,3H2,1-2H3/t7-,11+/m0/s1. The van der Waals surface area contributed by atoms with Crippen LogP contribution < -0.4 is 0 Å². The Kier molecular flexibility index (Phi) is 3.92. The van der Waals surface area contributed by atoms with Crippen LogP contribution >= 0.6 is 0 Å². The second kappa shape index (κ2) is 5.40. The lowest BCUT2D eigenvalue weighted by Crippen LogP contribution is -2.53. The van der Waals surface area contributed by atoms with Crippen LogP contribution in [0.3, 0.4) is 0 Å². The Labute approximate surface area is 123 Å². The van der Waals surface area contributed by atoms with Gasteiger partial charge in [0.2, 0.25) is 5.72 Å². The van der Waals surface area contributed by atoms with Crippen LogP contribution in [0, 0.1) is 10.1 Å². The molecule has 1 aromatic rings. The van der Waals surface area contributed by atoms with Gasteiger partial charge in [0.05, 0.1) is 4.92 Å². The highest BCUT2D eigenvalue weighted by atomic mass is 19.3. The van der Waals surface area contributed by atoms with E-state index in [0.29, 0.717) is 5.01 Å². The first kappa shape index (κ1) is 15.9. The zero-order valence-corrected chi connectivity index (χ0v) is 11.7. The molecule has 1 aliphatic heterocycles. The van der Waals surface area contributed by atoms with Crippen molar-refractivity contribution in [2.75, 3.05) is 0 Å². The smallest absolute Gasteiger partial charge is 0.307 e. The number of nitro groups is 1. The van der Waals surface area contributed by atoms with Crippen molar-refractivity contribution in [3.63, 3.8) is 0 Å². The van der Waals surface area contributed by atoms with Crippen molar-refractivity contribution in [3.8, 4) is 0 Å². The van der Waals surface area contributed by atoms with Crippen molar-refractivity contribution < 1.29 is 23.6 Å². The number of hydrazone groups is 1. The number of amides is 1. The van der Waals surface area contributed by atoms with Crippen LogP contribution in [0.5, 0.6) is 0 Å². The van der Waals surface area contributed by atoms with Crippen LogP contribution in [0.4, 0.5) is 14.5 Å². The first-order chi connectivity index (χ1) is 10.2. The maximum atomic E-state index is 13.1. The number of alkyl halides is 2. The Bertz CT molecular complexity index is 646. The molecule has 0 bridgehead atoms. The fourth-order valence-electron chi connectivity index (χ4n) is 2.08. The number of halogens is 2. The van der Waals surface area contributed by atoms with Gasteiger partial charge in [-0.1, -0.05) is 0 Å². The van der Waals surface area contributed by atoms with E-state index in [-0.39, 0.29) is 11.4 Å². The van der Waals surface area contributed by atoms with E-state index in [1.165, 1.54) is 13.8 Å². The second-order valence-corrected chi connectivity index (χ2v) is 4.95. The number of aliphatic hydroxyl groups is 1. The average Bonchev–Trinajstić information content (AvgIpc) is 3.02. The van der Waals surface area contributed by atoms with Crippen molar-refractivity contribution in [1.82, 2.24) is 14.8 Å². The molecule has 0 saturated carbocycles. The molecule has 11 heteroatoms. The second-order valence-electron chi connectivity index (χ2n) is 4.95. The van der Waals surface area contributed by atoms with Crippen LogP contribution in [-0.4, -0.2) is 48.6 Å². The molecule has 2 heterocycles. The number of hydrogen-bond acceptors (Lipinski definition) is 6. The number of rotatable bonds is 4. The largest absolute Gasteiger partial charge is 0.364 e. The molecular weight excluding hydrogens is 304 g/mol. The molecule has 120 valence electrons. The highest BCUT2D eigenvalue weighted by Gasteiger charge is 2.51. The summed E-state index contributed by atoms with van der Waals surface area (Å²) in [6.07, 6.45) is -1.75. The number of hydrogen-bond donors (Lipinski definition) is 1. The van der Waals surface area contributed by atoms with E-state index in [9.17, 15) is 28.8 Å². The summed E-state index contributed by atoms with van der Waals surface area (Å²) in [4.78, 5) is 22.2. The minimum Gasteiger partial charge on any atom is -0.364 e. The minimum atomic E-state index is -3.21. The Hall–Kier alpha value is -2.43. The molecule has 2 atom stereocenters. The fourth-order valence-corrected chi connectivity index (χ4v) is 2.08. The summed E-state index contributed by atoms with van der Waals surface area (Å²) in [7, 11) is 0. The van der Waals surface area contributed by atoms with E-state index in [1.807, 2.05) is 0 Å². The van der Waals surface area contributed by atoms with Crippen LogP contribution in [0.2, 0.25) is 0 Å². The fraction of sp³-hybridized carbons (Fsp3) is 0.545. The van der Waals surface area contributed by atoms with Gasteiger partial charge >= 0.3 is 5.69 Å². The molecule has 9 nitrogen and oxygen atoms in total. The number of aromatic nitrogens is 2. The highest BCUT2D eigenvalue weighted by molar-refractivity contribution is 5.90. The van der Waals surface area contributed by atoms with Gasteiger partial charge in [-0.2, -0.15) is 15.2 Å². The monoisotopic (exact) mass is 317 g/mol. The first-order valence-corrected chi connectivity index (χ1v) is 6.24. The zero-order chi connectivity index (χ0) is 16.7. The van der Waals surface area contributed by atoms with Gasteiger partial charge in [0.1, 0.15) is 18.4 Å². The van der Waals surface area contributed by atoms with Crippen LogP contribution in [0.25, 0.3) is 0 Å². The summed E-state index contributed by atoms with van der Waals surface area (Å²) >= 11 is 0. The lowest BCUT2D eigenvalue weighted by atomic mass is 10.1. The van der Waals surface area contributed by atoms with Gasteiger partial charge in [0.15, 0.2) is 0 Å². The van der Waals surface area contributed by atoms with Crippen LogP contribution in [0.15, 0.2) is 17.5 Å². The third kappa shape index (κ3) is 2.54. The lowest BCUT2D eigenvalue weighted by molar-refractivity contribution is -0.385. The van der Waals surface area contributed by atoms with E-state index in [0.717, 1.165) is 17.1 Å². The van der Waals surface area contributed by atoms with E-state index in [1.54, 1.807) is 0 Å². The quantitative estimate of drug-likeness (QED) is 0.655. The van der Waals surface area contributed by atoms with Crippen molar-refractivity contribution in [3.05, 3.63) is 22.5 Å². The molecule has 0 spiro atoms. The Morgan fingerprint density at radius 3 is 2.73 bits per heavy atom. The molecule has 1 amide bonds. The summed E-state index contributed by atoms with van der Waals surface area (Å²) < 4.78 is 27.1. The summed E-state index contributed by atoms with van der Waals surface area (Å²) in [5.41, 5.74) is -2.88. The van der Waals surface area contributed by atoms with Crippen molar-refractivity contribution in [2.45, 2.75) is 38.5 Å². The molecule has 0 aromatic carbocycles. The van der Waals surface area contributed by atoms with Gasteiger partial charge in [-0.05, 0) is 13.8 Å². The molecule has 0 aliphatic carbocycles. The van der Waals surface area contributed by atoms with Gasteiger partial charge < -0.3 is 5.11 Å². The summed E-state index contributed by atoms with van der Waals surface area (Å²) in [5, 5.41) is 28.2. The lowest BCUT2D eigenvalue weighted by Gasteiger charge is -2.31. The maximum Gasteiger partial charge on any atom is 0.307 e. The van der Waals surface area contributed by atoms with Crippen molar-refractivity contribution in [2.24, 2.45) is 5.10 Å². The SMILES string of the molecule is CC1=NN(C(=O)[C@H](C)n2cc([N+](=O)[O-])cn2)[C@](O)(C(F)F)C1. The summed E-state index contributed by atoms with van der Waals surface area (Å²) in [5.74, 6) is -0.947. The predicted octanol–water partition coefficient (Wildman–Crippen LogP) is 0.914. The van der Waals surface area contributed by atoms with Gasteiger partial charge in [0, 0.05) is 12.1 Å². The topological polar surface area (TPSA) is 114 Å². The first-order valence-electron chi connectivity index (χ1n) is 6.24. The number of nitrogens with zero attached hydrogens (tertiary/aromatic N) is 5. The van der Waals surface area contributed by atoms with Crippen molar-refractivity contribution >= 4 is 17.3 Å². The molecule has 0 saturated heterocycles. The molecular formula is C11H13F2N5O4. The Morgan fingerprint density at radius 2 is 2.23 bits per heavy atom. The normalized spacial score (nSPS) is 22.8. The van der Waals surface area contributed by atoms with E-state index >= 15 is 0 Å². The molecule has 1 aliphatic rings. The minimum absolute atomic E-state index is 0.176. The predicted molar refractivity (Wildman–Crippen MR) is 69.1 cm³/mol. The van der Waals surface area contributed by atoms with Gasteiger partial charge in [-0.25, -0.2) is 8.78 Å². The van der Waals surface area contributed by atoms with Gasteiger partial charge in [-0.15, -0.1) is 0 Å². The highest BCUT2D eigenvalue weighted by Crippen LogP contribution is 2.33. The maximum absolute atomic E-state index is 13.1. The van der Waals surface area contributed by atoms with E-state index in [4.69, 9.17) is 0 Å². The third-order valence-corrected chi connectivity index (χ3v) is 3.26. The van der Waals surface area contributed by atoms with Crippen molar-refractivity contribution in [1.29, 1.82) is 0 Å². The molecule has 1 aromatic heterocycles. The number of carbonyl (C=O) groups excluding carboxylic acids is 1. The summed E-state index contributed by atoms with van der Waals surface area (Å²) in [6.45, 7) is 2.72. The third-order valence-electron chi connectivity index (χ3n) is 3.26. The van der Waals surface area contributed by atoms with Gasteiger partial charge in [-0.3, -0.25) is 19.6 Å². The number of carbonyl (C=O) groups is 1. The average molecular weight is 317 g/mol.